The molecule has 0 amide bonds. The van der Waals surface area contributed by atoms with E-state index in [-0.39, 0.29) is 22.3 Å². The Balaban J connectivity index is 0.00000200. The first-order valence-electron chi connectivity index (χ1n) is 6.10. The van der Waals surface area contributed by atoms with Gasteiger partial charge in [0, 0.05) is 13.1 Å². The fourth-order valence-corrected chi connectivity index (χ4v) is 4.03. The van der Waals surface area contributed by atoms with Crippen LogP contribution in [0, 0.1) is 5.92 Å². The molecule has 1 saturated heterocycles. The van der Waals surface area contributed by atoms with E-state index in [4.69, 9.17) is 28.9 Å². The van der Waals surface area contributed by atoms with Crippen LogP contribution >= 0.6 is 35.6 Å². The topological polar surface area (TPSA) is 63.4 Å². The van der Waals surface area contributed by atoms with Crippen LogP contribution in [0.4, 0.5) is 0 Å². The Bertz CT molecular complexity index is 558. The Labute approximate surface area is 135 Å². The van der Waals surface area contributed by atoms with E-state index in [1.807, 2.05) is 0 Å². The van der Waals surface area contributed by atoms with E-state index in [2.05, 4.69) is 0 Å². The summed E-state index contributed by atoms with van der Waals surface area (Å²) in [5, 5.41) is 0.599. The third-order valence-corrected chi connectivity index (χ3v) is 6.07. The van der Waals surface area contributed by atoms with Crippen molar-refractivity contribution in [3.05, 3.63) is 28.2 Å². The molecule has 1 aromatic carbocycles. The molecule has 2 N–H and O–H groups in total. The van der Waals surface area contributed by atoms with E-state index in [0.29, 0.717) is 30.6 Å². The Morgan fingerprint density at radius 1 is 1.20 bits per heavy atom. The number of nitrogens with two attached hydrogens (primary N) is 1. The van der Waals surface area contributed by atoms with Crippen molar-refractivity contribution in [2.24, 2.45) is 11.7 Å². The van der Waals surface area contributed by atoms with Crippen LogP contribution in [0.1, 0.15) is 12.8 Å². The fourth-order valence-electron chi connectivity index (χ4n) is 2.17. The van der Waals surface area contributed by atoms with Crippen molar-refractivity contribution in [3.63, 3.8) is 0 Å². The van der Waals surface area contributed by atoms with Gasteiger partial charge in [0.2, 0.25) is 10.0 Å². The molecule has 1 aromatic rings. The van der Waals surface area contributed by atoms with Gasteiger partial charge in [-0.3, -0.25) is 0 Å². The summed E-state index contributed by atoms with van der Waals surface area (Å²) in [6.45, 7) is 1.62. The number of benzene rings is 1. The quantitative estimate of drug-likeness (QED) is 0.902. The summed E-state index contributed by atoms with van der Waals surface area (Å²) in [7, 11) is -3.48. The van der Waals surface area contributed by atoms with Crippen LogP contribution in [0.5, 0.6) is 0 Å². The summed E-state index contributed by atoms with van der Waals surface area (Å²) in [5.41, 5.74) is 5.61. The molecule has 0 spiro atoms. The van der Waals surface area contributed by atoms with Crippen LogP contribution in [0.3, 0.4) is 0 Å². The molecule has 1 aliphatic heterocycles. The predicted octanol–water partition coefficient (Wildman–Crippen LogP) is 2.77. The van der Waals surface area contributed by atoms with E-state index >= 15 is 0 Å². The highest BCUT2D eigenvalue weighted by molar-refractivity contribution is 7.89. The van der Waals surface area contributed by atoms with Crippen LogP contribution in [-0.4, -0.2) is 32.4 Å². The minimum atomic E-state index is -3.48. The number of sulfonamides is 1. The first-order valence-corrected chi connectivity index (χ1v) is 8.30. The van der Waals surface area contributed by atoms with Gasteiger partial charge in [-0.05, 0) is 43.5 Å². The van der Waals surface area contributed by atoms with Gasteiger partial charge in [0.05, 0.1) is 14.9 Å². The molecular formula is C12H17Cl3N2O2S. The molecule has 114 valence electrons. The molecule has 0 saturated carbocycles. The summed E-state index contributed by atoms with van der Waals surface area (Å²) in [6.07, 6.45) is 1.61. The number of nitrogens with zero attached hydrogens (tertiary/aromatic N) is 1. The van der Waals surface area contributed by atoms with Crippen LogP contribution in [0.25, 0.3) is 0 Å². The zero-order valence-corrected chi connectivity index (χ0v) is 13.9. The SMILES string of the molecule is Cl.NCC1CCN(S(=O)(=O)c2ccc(Cl)c(Cl)c2)CC1. The maximum Gasteiger partial charge on any atom is 0.243 e. The Hall–Kier alpha value is -0.0400. The maximum absolute atomic E-state index is 12.4. The maximum atomic E-state index is 12.4. The van der Waals surface area contributed by atoms with Gasteiger partial charge >= 0.3 is 0 Å². The second-order valence-corrected chi connectivity index (χ2v) is 7.41. The van der Waals surface area contributed by atoms with Crippen molar-refractivity contribution in [2.45, 2.75) is 17.7 Å². The smallest absolute Gasteiger partial charge is 0.243 e. The molecule has 1 heterocycles. The zero-order chi connectivity index (χ0) is 14.0. The molecule has 1 fully saturated rings. The number of halogens is 3. The van der Waals surface area contributed by atoms with E-state index in [0.717, 1.165) is 12.8 Å². The van der Waals surface area contributed by atoms with Crippen molar-refractivity contribution in [2.75, 3.05) is 19.6 Å². The first kappa shape index (κ1) is 18.0. The van der Waals surface area contributed by atoms with E-state index in [1.165, 1.54) is 22.5 Å². The molecule has 2 rings (SSSR count). The summed E-state index contributed by atoms with van der Waals surface area (Å²) in [6, 6.07) is 4.39. The molecule has 0 unspecified atom stereocenters. The van der Waals surface area contributed by atoms with Gasteiger partial charge in [0.1, 0.15) is 0 Å². The summed E-state index contributed by atoms with van der Waals surface area (Å²) < 4.78 is 26.4. The highest BCUT2D eigenvalue weighted by Gasteiger charge is 2.29. The minimum Gasteiger partial charge on any atom is -0.330 e. The monoisotopic (exact) mass is 358 g/mol. The highest BCUT2D eigenvalue weighted by atomic mass is 35.5. The van der Waals surface area contributed by atoms with Gasteiger partial charge in [-0.2, -0.15) is 4.31 Å². The van der Waals surface area contributed by atoms with E-state index in [1.54, 1.807) is 0 Å². The van der Waals surface area contributed by atoms with E-state index in [9.17, 15) is 8.42 Å². The third-order valence-electron chi connectivity index (χ3n) is 3.44. The minimum absolute atomic E-state index is 0. The molecule has 0 aromatic heterocycles. The van der Waals surface area contributed by atoms with E-state index < -0.39 is 10.0 Å². The summed E-state index contributed by atoms with van der Waals surface area (Å²) in [4.78, 5) is 0.188. The molecule has 20 heavy (non-hydrogen) atoms. The van der Waals surface area contributed by atoms with Gasteiger partial charge in [-0.25, -0.2) is 8.42 Å². The first-order chi connectivity index (χ1) is 8.95. The second kappa shape index (κ2) is 7.29. The van der Waals surface area contributed by atoms with Crippen LogP contribution in [-0.2, 0) is 10.0 Å². The Kier molecular flexibility index (Phi) is 6.57. The molecule has 0 aliphatic carbocycles. The molecular weight excluding hydrogens is 343 g/mol. The third kappa shape index (κ3) is 3.78. The number of hydrogen-bond acceptors (Lipinski definition) is 3. The fraction of sp³-hybridized carbons (Fsp3) is 0.500. The number of rotatable bonds is 3. The normalized spacial score (nSPS) is 17.8. The van der Waals surface area contributed by atoms with Gasteiger partial charge < -0.3 is 5.73 Å². The molecule has 1 aliphatic rings. The Morgan fingerprint density at radius 3 is 2.30 bits per heavy atom. The average molecular weight is 360 g/mol. The lowest BCUT2D eigenvalue weighted by Crippen LogP contribution is -2.40. The van der Waals surface area contributed by atoms with Gasteiger partial charge in [0.15, 0.2) is 0 Å². The molecule has 0 bridgehead atoms. The van der Waals surface area contributed by atoms with Gasteiger partial charge in [-0.15, -0.1) is 12.4 Å². The summed E-state index contributed by atoms with van der Waals surface area (Å²) >= 11 is 11.7. The van der Waals surface area contributed by atoms with Crippen molar-refractivity contribution < 1.29 is 8.42 Å². The van der Waals surface area contributed by atoms with Crippen molar-refractivity contribution in [3.8, 4) is 0 Å². The van der Waals surface area contributed by atoms with Crippen LogP contribution in [0.2, 0.25) is 10.0 Å². The molecule has 0 radical (unpaired) electrons. The molecule has 0 atom stereocenters. The lowest BCUT2D eigenvalue weighted by Gasteiger charge is -2.30. The highest BCUT2D eigenvalue weighted by Crippen LogP contribution is 2.28. The zero-order valence-electron chi connectivity index (χ0n) is 10.8. The largest absolute Gasteiger partial charge is 0.330 e. The average Bonchev–Trinajstić information content (AvgIpc) is 2.41. The second-order valence-electron chi connectivity index (χ2n) is 4.66. The van der Waals surface area contributed by atoms with Gasteiger partial charge in [-0.1, -0.05) is 23.2 Å². The van der Waals surface area contributed by atoms with Crippen LogP contribution in [0.15, 0.2) is 23.1 Å². The standard InChI is InChI=1S/C12H16Cl2N2O2S.ClH/c13-11-2-1-10(7-12(11)14)19(17,18)16-5-3-9(8-15)4-6-16;/h1-2,7,9H,3-6,8,15H2;1H. The lowest BCUT2D eigenvalue weighted by atomic mass is 9.99. The lowest BCUT2D eigenvalue weighted by molar-refractivity contribution is 0.278. The Morgan fingerprint density at radius 2 is 1.80 bits per heavy atom. The number of piperidine rings is 1. The molecule has 8 heteroatoms. The van der Waals surface area contributed by atoms with Gasteiger partial charge in [0.25, 0.3) is 0 Å². The van der Waals surface area contributed by atoms with Crippen molar-refractivity contribution in [1.82, 2.24) is 4.31 Å². The predicted molar refractivity (Wildman–Crippen MR) is 84.2 cm³/mol. The van der Waals surface area contributed by atoms with Crippen LogP contribution < -0.4 is 5.73 Å². The van der Waals surface area contributed by atoms with Crippen molar-refractivity contribution >= 4 is 45.6 Å². The summed E-state index contributed by atoms with van der Waals surface area (Å²) in [5.74, 6) is 0.417. The number of hydrogen-bond donors (Lipinski definition) is 1. The van der Waals surface area contributed by atoms with Crippen molar-refractivity contribution in [1.29, 1.82) is 0 Å². The molecule has 4 nitrogen and oxygen atoms in total.